The molecule has 1 aliphatic carbocycles. The Bertz CT molecular complexity index is 274. The van der Waals surface area contributed by atoms with Crippen molar-refractivity contribution in [3.63, 3.8) is 0 Å². The summed E-state index contributed by atoms with van der Waals surface area (Å²) < 4.78 is 0. The van der Waals surface area contributed by atoms with Crippen LogP contribution in [0.1, 0.15) is 25.7 Å². The zero-order valence-electron chi connectivity index (χ0n) is 9.11. The molecule has 1 rings (SSSR count). The summed E-state index contributed by atoms with van der Waals surface area (Å²) in [6.45, 7) is -0.00207. The van der Waals surface area contributed by atoms with E-state index in [9.17, 15) is 9.59 Å². The summed E-state index contributed by atoms with van der Waals surface area (Å²) in [5.41, 5.74) is 5.04. The first-order valence-corrected chi connectivity index (χ1v) is 5.41. The van der Waals surface area contributed by atoms with Crippen molar-refractivity contribution in [2.45, 2.75) is 31.8 Å². The average Bonchev–Trinajstić information content (AvgIpc) is 2.74. The Kier molecular flexibility index (Phi) is 4.26. The predicted molar refractivity (Wildman–Crippen MR) is 56.6 cm³/mol. The van der Waals surface area contributed by atoms with Crippen molar-refractivity contribution >= 4 is 11.9 Å². The van der Waals surface area contributed by atoms with Crippen molar-refractivity contribution in [3.05, 3.63) is 0 Å². The summed E-state index contributed by atoms with van der Waals surface area (Å²) >= 11 is 0. The third kappa shape index (κ3) is 2.70. The molecule has 0 aliphatic heterocycles. The number of rotatable bonds is 5. The molecule has 6 heteroatoms. The van der Waals surface area contributed by atoms with Crippen LogP contribution in [0.5, 0.6) is 0 Å². The van der Waals surface area contributed by atoms with Crippen molar-refractivity contribution in [2.24, 2.45) is 11.1 Å². The Balaban J connectivity index is 2.48. The highest BCUT2D eigenvalue weighted by Gasteiger charge is 2.39. The monoisotopic (exact) mass is 230 g/mol. The van der Waals surface area contributed by atoms with Crippen molar-refractivity contribution in [1.82, 2.24) is 5.32 Å². The molecule has 0 spiro atoms. The van der Waals surface area contributed by atoms with Gasteiger partial charge in [-0.2, -0.15) is 0 Å². The van der Waals surface area contributed by atoms with E-state index >= 15 is 0 Å². The van der Waals surface area contributed by atoms with Crippen LogP contribution in [0.2, 0.25) is 0 Å². The maximum absolute atomic E-state index is 11.8. The third-order valence-electron chi connectivity index (χ3n) is 3.17. The molecule has 0 heterocycles. The van der Waals surface area contributed by atoms with E-state index in [4.69, 9.17) is 15.9 Å². The minimum absolute atomic E-state index is 0.243. The van der Waals surface area contributed by atoms with Gasteiger partial charge in [0.05, 0.1) is 12.0 Å². The minimum atomic E-state index is -1.56. The molecule has 1 unspecified atom stereocenters. The summed E-state index contributed by atoms with van der Waals surface area (Å²) in [5.74, 6) is -1.58. The number of nitrogens with two attached hydrogens (primary N) is 1. The van der Waals surface area contributed by atoms with Gasteiger partial charge in [-0.3, -0.25) is 4.79 Å². The van der Waals surface area contributed by atoms with Gasteiger partial charge in [0.15, 0.2) is 6.10 Å². The van der Waals surface area contributed by atoms with Crippen LogP contribution in [-0.4, -0.2) is 41.3 Å². The number of hydrogen-bond donors (Lipinski definition) is 4. The van der Waals surface area contributed by atoms with Gasteiger partial charge in [-0.1, -0.05) is 12.8 Å². The topological polar surface area (TPSA) is 113 Å². The van der Waals surface area contributed by atoms with E-state index in [0.717, 1.165) is 25.7 Å². The number of carbonyl (C=O) groups is 2. The largest absolute Gasteiger partial charge is 0.479 e. The molecule has 1 amide bonds. The Labute approximate surface area is 93.8 Å². The second-order valence-corrected chi connectivity index (χ2v) is 4.26. The number of nitrogens with one attached hydrogen (secondary N) is 1. The number of amides is 1. The Hall–Kier alpha value is -1.14. The van der Waals surface area contributed by atoms with E-state index < -0.39 is 17.5 Å². The molecule has 0 aromatic rings. The molecule has 0 aromatic heterocycles. The number of aliphatic hydroxyl groups is 1. The summed E-state index contributed by atoms with van der Waals surface area (Å²) in [4.78, 5) is 22.2. The van der Waals surface area contributed by atoms with Crippen molar-refractivity contribution in [2.75, 3.05) is 13.1 Å². The molecule has 0 saturated heterocycles. The molecule has 6 nitrogen and oxygen atoms in total. The lowest BCUT2D eigenvalue weighted by Crippen LogP contribution is -2.47. The highest BCUT2D eigenvalue weighted by molar-refractivity contribution is 5.84. The zero-order chi connectivity index (χ0) is 12.2. The molecule has 92 valence electrons. The third-order valence-corrected chi connectivity index (χ3v) is 3.17. The Morgan fingerprint density at radius 3 is 2.38 bits per heavy atom. The van der Waals surface area contributed by atoms with Gasteiger partial charge in [-0.05, 0) is 12.8 Å². The molecule has 1 fully saturated rings. The molecule has 1 aliphatic rings. The van der Waals surface area contributed by atoms with Crippen molar-refractivity contribution < 1.29 is 19.8 Å². The lowest BCUT2D eigenvalue weighted by atomic mass is 9.85. The van der Waals surface area contributed by atoms with E-state index in [1.165, 1.54) is 0 Å². The molecule has 0 radical (unpaired) electrons. The van der Waals surface area contributed by atoms with Gasteiger partial charge in [0.25, 0.3) is 0 Å². The molecular weight excluding hydrogens is 212 g/mol. The van der Waals surface area contributed by atoms with Gasteiger partial charge in [0.1, 0.15) is 0 Å². The molecule has 1 saturated carbocycles. The Morgan fingerprint density at radius 1 is 1.38 bits per heavy atom. The van der Waals surface area contributed by atoms with E-state index in [1.54, 1.807) is 0 Å². The molecule has 0 bridgehead atoms. The average molecular weight is 230 g/mol. The first-order valence-electron chi connectivity index (χ1n) is 5.41. The van der Waals surface area contributed by atoms with E-state index in [-0.39, 0.29) is 19.0 Å². The first-order chi connectivity index (χ1) is 7.52. The second-order valence-electron chi connectivity index (χ2n) is 4.26. The van der Waals surface area contributed by atoms with Gasteiger partial charge < -0.3 is 21.3 Å². The predicted octanol–water partition coefficient (Wildman–Crippen LogP) is -0.933. The molecular formula is C10H18N2O4. The van der Waals surface area contributed by atoms with Gasteiger partial charge in [0.2, 0.25) is 5.91 Å². The van der Waals surface area contributed by atoms with Crippen LogP contribution in [0.4, 0.5) is 0 Å². The van der Waals surface area contributed by atoms with Crippen LogP contribution in [0, 0.1) is 5.41 Å². The molecule has 5 N–H and O–H groups in total. The molecule has 1 atom stereocenters. The van der Waals surface area contributed by atoms with Crippen molar-refractivity contribution in [1.29, 1.82) is 0 Å². The smallest absolute Gasteiger partial charge is 0.334 e. The minimum Gasteiger partial charge on any atom is -0.479 e. The summed E-state index contributed by atoms with van der Waals surface area (Å²) in [7, 11) is 0. The lowest BCUT2D eigenvalue weighted by Gasteiger charge is -2.25. The van der Waals surface area contributed by atoms with Crippen LogP contribution in [0.3, 0.4) is 0 Å². The number of aliphatic hydroxyl groups excluding tert-OH is 1. The number of carboxylic acids is 1. The molecule has 16 heavy (non-hydrogen) atoms. The van der Waals surface area contributed by atoms with Crippen LogP contribution in [-0.2, 0) is 9.59 Å². The number of carbonyl (C=O) groups excluding carboxylic acids is 1. The number of carboxylic acid groups (broad SMARTS) is 1. The zero-order valence-corrected chi connectivity index (χ0v) is 9.11. The first kappa shape index (κ1) is 12.9. The van der Waals surface area contributed by atoms with Crippen LogP contribution in [0.15, 0.2) is 0 Å². The maximum atomic E-state index is 11.8. The van der Waals surface area contributed by atoms with Crippen LogP contribution in [0.25, 0.3) is 0 Å². The Morgan fingerprint density at radius 2 is 1.94 bits per heavy atom. The summed E-state index contributed by atoms with van der Waals surface area (Å²) in [6.07, 6.45) is 1.84. The number of hydrogen-bond acceptors (Lipinski definition) is 4. The van der Waals surface area contributed by atoms with E-state index in [1.807, 2.05) is 0 Å². The second kappa shape index (κ2) is 5.27. The van der Waals surface area contributed by atoms with Gasteiger partial charge in [-0.15, -0.1) is 0 Å². The fourth-order valence-electron chi connectivity index (χ4n) is 2.04. The van der Waals surface area contributed by atoms with E-state index in [0.29, 0.717) is 0 Å². The fourth-order valence-corrected chi connectivity index (χ4v) is 2.04. The quantitative estimate of drug-likeness (QED) is 0.487. The lowest BCUT2D eigenvalue weighted by molar-refractivity contribution is -0.146. The van der Waals surface area contributed by atoms with Gasteiger partial charge >= 0.3 is 5.97 Å². The van der Waals surface area contributed by atoms with Gasteiger partial charge in [0, 0.05) is 6.54 Å². The fraction of sp³-hybridized carbons (Fsp3) is 0.800. The highest BCUT2D eigenvalue weighted by atomic mass is 16.4. The van der Waals surface area contributed by atoms with Crippen molar-refractivity contribution in [3.8, 4) is 0 Å². The number of aliphatic carboxylic acids is 1. The maximum Gasteiger partial charge on any atom is 0.334 e. The summed E-state index contributed by atoms with van der Waals surface area (Å²) in [6, 6.07) is 0. The summed E-state index contributed by atoms with van der Waals surface area (Å²) in [5, 5.41) is 19.9. The molecule has 0 aromatic carbocycles. The SMILES string of the molecule is NCC1(C(=O)NCC(O)C(=O)O)CCCC1. The highest BCUT2D eigenvalue weighted by Crippen LogP contribution is 2.37. The van der Waals surface area contributed by atoms with E-state index in [2.05, 4.69) is 5.32 Å². The van der Waals surface area contributed by atoms with Crippen LogP contribution < -0.4 is 11.1 Å². The van der Waals surface area contributed by atoms with Crippen LogP contribution >= 0.6 is 0 Å². The van der Waals surface area contributed by atoms with Gasteiger partial charge in [-0.25, -0.2) is 4.79 Å². The standard InChI is InChI=1S/C10H18N2O4/c11-6-10(3-1-2-4-10)9(16)12-5-7(13)8(14)15/h7,13H,1-6,11H2,(H,12,16)(H,14,15). The normalized spacial score (nSPS) is 20.4.